The van der Waals surface area contributed by atoms with Gasteiger partial charge in [0.1, 0.15) is 17.5 Å². The molecule has 2 fully saturated rings. The maximum atomic E-state index is 11.5. The van der Waals surface area contributed by atoms with Crippen molar-refractivity contribution in [3.8, 4) is 0 Å². The number of hydrogen-bond acceptors (Lipinski definition) is 6. The third-order valence-electron chi connectivity index (χ3n) is 2.83. The summed E-state index contributed by atoms with van der Waals surface area (Å²) in [5, 5.41) is 13.3. The molecule has 8 heteroatoms. The molecular weight excluding hydrogens is 232 g/mol. The minimum absolute atomic E-state index is 0.125. The first-order valence-corrected chi connectivity index (χ1v) is 4.82. The van der Waals surface area contributed by atoms with E-state index in [-0.39, 0.29) is 12.8 Å². The van der Waals surface area contributed by atoms with Crippen LogP contribution in [-0.4, -0.2) is 40.1 Å². The lowest BCUT2D eigenvalue weighted by Crippen LogP contribution is -2.70. The first-order valence-electron chi connectivity index (χ1n) is 4.82. The van der Waals surface area contributed by atoms with Gasteiger partial charge >= 0.3 is 6.03 Å². The van der Waals surface area contributed by atoms with Crippen molar-refractivity contribution >= 4 is 29.4 Å². The molecular formula is C9H8N2O6. The number of Topliss-reactive ketones (excluding diaryl/α,β-unsaturated/α-hetero) is 2. The minimum atomic E-state index is -2.82. The van der Waals surface area contributed by atoms with Crippen LogP contribution in [0, 0.1) is 5.92 Å². The second-order valence-electron chi connectivity index (χ2n) is 3.87. The fourth-order valence-corrected chi connectivity index (χ4v) is 1.97. The molecule has 1 heterocycles. The summed E-state index contributed by atoms with van der Waals surface area (Å²) in [7, 11) is 0. The predicted octanol–water partition coefficient (Wildman–Crippen LogP) is -2.37. The van der Waals surface area contributed by atoms with Crippen molar-refractivity contribution in [2.45, 2.75) is 18.4 Å². The van der Waals surface area contributed by atoms with E-state index >= 15 is 0 Å². The molecule has 1 aliphatic carbocycles. The average molecular weight is 240 g/mol. The van der Waals surface area contributed by atoms with Gasteiger partial charge in [-0.1, -0.05) is 0 Å². The highest BCUT2D eigenvalue weighted by Crippen LogP contribution is 2.30. The van der Waals surface area contributed by atoms with E-state index in [4.69, 9.17) is 0 Å². The standard InChI is InChI=1S/C9H8N2O6/c12-3-1-2-4(13)5(3)9(17)6(14)10-8(16)11-7(9)15/h5,17H,1-2H2,(H2,10,11,14,15,16). The van der Waals surface area contributed by atoms with E-state index in [1.807, 2.05) is 0 Å². The molecule has 8 nitrogen and oxygen atoms in total. The molecule has 0 aromatic carbocycles. The first kappa shape index (κ1) is 11.4. The number of rotatable bonds is 1. The van der Waals surface area contributed by atoms with Gasteiger partial charge < -0.3 is 5.11 Å². The number of imide groups is 2. The number of nitrogens with one attached hydrogen (secondary N) is 2. The van der Waals surface area contributed by atoms with E-state index in [2.05, 4.69) is 0 Å². The van der Waals surface area contributed by atoms with Crippen molar-refractivity contribution < 1.29 is 29.1 Å². The normalized spacial score (nSPS) is 24.9. The van der Waals surface area contributed by atoms with Gasteiger partial charge in [-0.05, 0) is 0 Å². The van der Waals surface area contributed by atoms with Gasteiger partial charge in [-0.2, -0.15) is 0 Å². The summed E-state index contributed by atoms with van der Waals surface area (Å²) in [5.74, 6) is -5.79. The Bertz CT molecular complexity index is 432. The van der Waals surface area contributed by atoms with E-state index in [0.29, 0.717) is 0 Å². The van der Waals surface area contributed by atoms with Gasteiger partial charge in [0.15, 0.2) is 0 Å². The molecule has 1 aliphatic heterocycles. The van der Waals surface area contributed by atoms with Gasteiger partial charge in [-0.3, -0.25) is 29.8 Å². The summed E-state index contributed by atoms with van der Waals surface area (Å²) in [4.78, 5) is 56.6. The zero-order valence-electron chi connectivity index (χ0n) is 8.48. The number of aliphatic hydroxyl groups is 1. The summed E-state index contributed by atoms with van der Waals surface area (Å²) in [6.45, 7) is 0. The van der Waals surface area contributed by atoms with Crippen LogP contribution in [-0.2, 0) is 19.2 Å². The van der Waals surface area contributed by atoms with E-state index < -0.39 is 40.9 Å². The number of carbonyl (C=O) groups excluding carboxylic acids is 5. The molecule has 4 amide bonds. The Labute approximate surface area is 94.3 Å². The summed E-state index contributed by atoms with van der Waals surface area (Å²) < 4.78 is 0. The van der Waals surface area contributed by atoms with Crippen LogP contribution in [0.4, 0.5) is 4.79 Å². The monoisotopic (exact) mass is 240 g/mol. The molecule has 90 valence electrons. The van der Waals surface area contributed by atoms with Crippen LogP contribution in [0.3, 0.4) is 0 Å². The molecule has 3 N–H and O–H groups in total. The van der Waals surface area contributed by atoms with Crippen molar-refractivity contribution in [2.24, 2.45) is 5.92 Å². The van der Waals surface area contributed by atoms with Crippen LogP contribution in [0.1, 0.15) is 12.8 Å². The Morgan fingerprint density at radius 3 is 1.76 bits per heavy atom. The van der Waals surface area contributed by atoms with Crippen LogP contribution in [0.15, 0.2) is 0 Å². The largest absolute Gasteiger partial charge is 0.371 e. The van der Waals surface area contributed by atoms with Crippen LogP contribution >= 0.6 is 0 Å². The Morgan fingerprint density at radius 2 is 1.35 bits per heavy atom. The summed E-state index contributed by atoms with van der Waals surface area (Å²) in [6, 6.07) is -1.09. The van der Waals surface area contributed by atoms with Crippen LogP contribution < -0.4 is 10.6 Å². The van der Waals surface area contributed by atoms with E-state index in [1.165, 1.54) is 0 Å². The Balaban J connectivity index is 2.44. The number of urea groups is 1. The lowest BCUT2D eigenvalue weighted by molar-refractivity contribution is -0.166. The maximum Gasteiger partial charge on any atom is 0.328 e. The van der Waals surface area contributed by atoms with Crippen molar-refractivity contribution in [1.29, 1.82) is 0 Å². The van der Waals surface area contributed by atoms with Gasteiger partial charge in [-0.25, -0.2) is 4.79 Å². The number of barbiturate groups is 1. The van der Waals surface area contributed by atoms with Crippen molar-refractivity contribution in [3.63, 3.8) is 0 Å². The zero-order valence-corrected chi connectivity index (χ0v) is 8.48. The lowest BCUT2D eigenvalue weighted by atomic mass is 9.82. The minimum Gasteiger partial charge on any atom is -0.371 e. The molecule has 0 atom stereocenters. The average Bonchev–Trinajstić information content (AvgIpc) is 2.55. The van der Waals surface area contributed by atoms with E-state index in [9.17, 15) is 29.1 Å². The molecule has 0 aromatic rings. The molecule has 2 rings (SSSR count). The first-order chi connectivity index (χ1) is 7.87. The van der Waals surface area contributed by atoms with E-state index in [1.54, 1.807) is 10.6 Å². The highest BCUT2D eigenvalue weighted by Gasteiger charge is 2.61. The number of hydrogen-bond donors (Lipinski definition) is 3. The Kier molecular flexibility index (Phi) is 2.32. The van der Waals surface area contributed by atoms with Gasteiger partial charge in [0.2, 0.25) is 5.60 Å². The maximum absolute atomic E-state index is 11.5. The van der Waals surface area contributed by atoms with Gasteiger partial charge in [0.25, 0.3) is 11.8 Å². The second-order valence-corrected chi connectivity index (χ2v) is 3.87. The van der Waals surface area contributed by atoms with Crippen LogP contribution in [0.5, 0.6) is 0 Å². The third kappa shape index (κ3) is 1.45. The quantitative estimate of drug-likeness (QED) is 0.439. The molecule has 0 spiro atoms. The van der Waals surface area contributed by atoms with Crippen molar-refractivity contribution in [2.75, 3.05) is 0 Å². The summed E-state index contributed by atoms with van der Waals surface area (Å²) in [6.07, 6.45) is -0.249. The highest BCUT2D eigenvalue weighted by atomic mass is 16.3. The molecule has 0 radical (unpaired) electrons. The molecule has 17 heavy (non-hydrogen) atoms. The highest BCUT2D eigenvalue weighted by molar-refractivity contribution is 6.27. The number of ketones is 2. The Hall–Kier alpha value is -2.09. The van der Waals surface area contributed by atoms with Gasteiger partial charge in [-0.15, -0.1) is 0 Å². The topological polar surface area (TPSA) is 130 Å². The van der Waals surface area contributed by atoms with Gasteiger partial charge in [0, 0.05) is 12.8 Å². The van der Waals surface area contributed by atoms with Crippen molar-refractivity contribution in [3.05, 3.63) is 0 Å². The van der Waals surface area contributed by atoms with Crippen LogP contribution in [0.25, 0.3) is 0 Å². The third-order valence-corrected chi connectivity index (χ3v) is 2.83. The SMILES string of the molecule is O=C1NC(=O)C(O)(C2C(=O)CCC2=O)C(=O)N1. The zero-order chi connectivity index (χ0) is 12.8. The molecule has 2 aliphatic rings. The molecule has 1 saturated heterocycles. The van der Waals surface area contributed by atoms with E-state index in [0.717, 1.165) is 0 Å². The van der Waals surface area contributed by atoms with Crippen molar-refractivity contribution in [1.82, 2.24) is 10.6 Å². The fourth-order valence-electron chi connectivity index (χ4n) is 1.97. The lowest BCUT2D eigenvalue weighted by Gasteiger charge is -2.31. The van der Waals surface area contributed by atoms with Gasteiger partial charge in [0.05, 0.1) is 0 Å². The Morgan fingerprint density at radius 1 is 0.941 bits per heavy atom. The number of carbonyl (C=O) groups is 5. The smallest absolute Gasteiger partial charge is 0.328 e. The summed E-state index contributed by atoms with van der Waals surface area (Å²) >= 11 is 0. The predicted molar refractivity (Wildman–Crippen MR) is 49.4 cm³/mol. The molecule has 1 saturated carbocycles. The summed E-state index contributed by atoms with van der Waals surface area (Å²) in [5.41, 5.74) is -2.82. The molecule has 0 unspecified atom stereocenters. The number of amides is 4. The second kappa shape index (κ2) is 3.45. The molecule has 0 bridgehead atoms. The fraction of sp³-hybridized carbons (Fsp3) is 0.444. The molecule has 0 aromatic heterocycles. The van der Waals surface area contributed by atoms with Crippen LogP contribution in [0.2, 0.25) is 0 Å².